The molecule has 0 aromatic carbocycles. The summed E-state index contributed by atoms with van der Waals surface area (Å²) in [5, 5.41) is 11.9. The third kappa shape index (κ3) is 1.74. The smallest absolute Gasteiger partial charge is 0.407 e. The molecule has 0 aromatic rings. The maximum absolute atomic E-state index is 12.0. The van der Waals surface area contributed by atoms with E-state index in [1.54, 1.807) is 0 Å². The van der Waals surface area contributed by atoms with Crippen LogP contribution in [0.15, 0.2) is 0 Å². The van der Waals surface area contributed by atoms with E-state index in [0.29, 0.717) is 25.9 Å². The van der Waals surface area contributed by atoms with Crippen LogP contribution in [0, 0.1) is 5.41 Å². The van der Waals surface area contributed by atoms with Gasteiger partial charge in [-0.25, -0.2) is 4.79 Å². The molecule has 0 atom stereocenters. The summed E-state index contributed by atoms with van der Waals surface area (Å²) in [6.07, 6.45) is 1.22. The highest BCUT2D eigenvalue weighted by atomic mass is 16.4. The lowest BCUT2D eigenvalue weighted by Crippen LogP contribution is -2.45. The van der Waals surface area contributed by atoms with E-state index in [0.717, 1.165) is 6.42 Å². The number of carbonyl (C=O) groups is 2. The highest BCUT2D eigenvalue weighted by molar-refractivity contribution is 5.86. The average Bonchev–Trinajstić information content (AvgIpc) is 2.37. The summed E-state index contributed by atoms with van der Waals surface area (Å²) < 4.78 is 0. The third-order valence-corrected chi connectivity index (χ3v) is 3.70. The number of nitrogens with zero attached hydrogens (tertiary/aromatic N) is 1. The molecule has 2 rings (SSSR count). The number of piperidine rings is 1. The Labute approximate surface area is 94.8 Å². The zero-order chi connectivity index (χ0) is 12.0. The molecule has 0 aliphatic carbocycles. The van der Waals surface area contributed by atoms with E-state index in [1.807, 2.05) is 13.8 Å². The Morgan fingerprint density at radius 1 is 1.38 bits per heavy atom. The van der Waals surface area contributed by atoms with Crippen LogP contribution in [0.2, 0.25) is 0 Å². The van der Waals surface area contributed by atoms with E-state index >= 15 is 0 Å². The monoisotopic (exact) mass is 226 g/mol. The molecule has 0 aromatic heterocycles. The van der Waals surface area contributed by atoms with Crippen LogP contribution in [0.5, 0.6) is 0 Å². The Hall–Kier alpha value is -1.26. The fraction of sp³-hybridized carbons (Fsp3) is 0.818. The molecule has 1 spiro atoms. The lowest BCUT2D eigenvalue weighted by atomic mass is 9.74. The number of rotatable bonds is 0. The van der Waals surface area contributed by atoms with E-state index in [4.69, 9.17) is 5.11 Å². The minimum atomic E-state index is -0.882. The predicted molar refractivity (Wildman–Crippen MR) is 58.1 cm³/mol. The van der Waals surface area contributed by atoms with Crippen LogP contribution in [-0.2, 0) is 4.79 Å². The minimum absolute atomic E-state index is 0.0996. The summed E-state index contributed by atoms with van der Waals surface area (Å²) in [7, 11) is 0. The van der Waals surface area contributed by atoms with Crippen LogP contribution in [-0.4, -0.2) is 40.6 Å². The first-order valence-corrected chi connectivity index (χ1v) is 5.65. The van der Waals surface area contributed by atoms with Crippen molar-refractivity contribution in [2.45, 2.75) is 38.6 Å². The molecule has 2 aliphatic heterocycles. The molecule has 0 unspecified atom stereocenters. The Balaban J connectivity index is 2.08. The topological polar surface area (TPSA) is 69.6 Å². The van der Waals surface area contributed by atoms with E-state index < -0.39 is 6.09 Å². The van der Waals surface area contributed by atoms with Gasteiger partial charge in [-0.15, -0.1) is 0 Å². The quantitative estimate of drug-likeness (QED) is 0.648. The van der Waals surface area contributed by atoms with Crippen LogP contribution in [0.1, 0.15) is 33.1 Å². The number of hydrogen-bond donors (Lipinski definition) is 2. The van der Waals surface area contributed by atoms with Gasteiger partial charge in [0.25, 0.3) is 0 Å². The fourth-order valence-corrected chi connectivity index (χ4v) is 2.94. The van der Waals surface area contributed by atoms with Crippen LogP contribution in [0.4, 0.5) is 4.79 Å². The van der Waals surface area contributed by atoms with Crippen LogP contribution >= 0.6 is 0 Å². The molecule has 5 nitrogen and oxygen atoms in total. The van der Waals surface area contributed by atoms with E-state index in [-0.39, 0.29) is 16.9 Å². The summed E-state index contributed by atoms with van der Waals surface area (Å²) >= 11 is 0. The van der Waals surface area contributed by atoms with E-state index in [1.165, 1.54) is 4.90 Å². The summed E-state index contributed by atoms with van der Waals surface area (Å²) in [6.45, 7) is 4.98. The maximum Gasteiger partial charge on any atom is 0.407 e. The first-order chi connectivity index (χ1) is 7.35. The Bertz CT molecular complexity index is 330. The van der Waals surface area contributed by atoms with Crippen molar-refractivity contribution in [3.63, 3.8) is 0 Å². The summed E-state index contributed by atoms with van der Waals surface area (Å²) in [4.78, 5) is 24.2. The molecule has 5 heteroatoms. The van der Waals surface area contributed by atoms with Gasteiger partial charge in [-0.3, -0.25) is 4.79 Å². The van der Waals surface area contributed by atoms with Gasteiger partial charge in [0.15, 0.2) is 0 Å². The number of amides is 2. The van der Waals surface area contributed by atoms with Gasteiger partial charge >= 0.3 is 6.09 Å². The number of hydrogen-bond acceptors (Lipinski definition) is 2. The van der Waals surface area contributed by atoms with Crippen molar-refractivity contribution >= 4 is 12.0 Å². The van der Waals surface area contributed by atoms with Gasteiger partial charge in [-0.2, -0.15) is 0 Å². The fourth-order valence-electron chi connectivity index (χ4n) is 2.94. The molecule has 0 radical (unpaired) electrons. The lowest BCUT2D eigenvalue weighted by Gasteiger charge is -2.36. The van der Waals surface area contributed by atoms with Crippen molar-refractivity contribution in [3.8, 4) is 0 Å². The van der Waals surface area contributed by atoms with E-state index in [9.17, 15) is 9.59 Å². The van der Waals surface area contributed by atoms with Crippen LogP contribution in [0.25, 0.3) is 0 Å². The van der Waals surface area contributed by atoms with Crippen molar-refractivity contribution in [2.24, 2.45) is 5.41 Å². The standard InChI is InChI=1S/C11H18N2O3/c1-10(2)7-11(8(14)12-10)3-5-13(6-4-11)9(15)16/h3-7H2,1-2H3,(H,12,14)(H,15,16). The molecule has 0 bridgehead atoms. The van der Waals surface area contributed by atoms with Crippen LogP contribution < -0.4 is 5.32 Å². The molecule has 0 saturated carbocycles. The second kappa shape index (κ2) is 3.37. The van der Waals surface area contributed by atoms with Gasteiger partial charge in [0, 0.05) is 18.6 Å². The minimum Gasteiger partial charge on any atom is -0.465 e. The number of carboxylic acid groups (broad SMARTS) is 1. The van der Waals surface area contributed by atoms with Gasteiger partial charge in [-0.1, -0.05) is 0 Å². The summed E-state index contributed by atoms with van der Waals surface area (Å²) in [5.41, 5.74) is -0.474. The third-order valence-electron chi connectivity index (χ3n) is 3.70. The Morgan fingerprint density at radius 2 is 1.94 bits per heavy atom. The molecule has 2 aliphatic rings. The highest BCUT2D eigenvalue weighted by Crippen LogP contribution is 2.43. The summed E-state index contributed by atoms with van der Waals surface area (Å²) in [6, 6.07) is 0. The molecule has 2 saturated heterocycles. The van der Waals surface area contributed by atoms with Crippen molar-refractivity contribution in [1.29, 1.82) is 0 Å². The zero-order valence-electron chi connectivity index (χ0n) is 9.75. The molecule has 90 valence electrons. The van der Waals surface area contributed by atoms with Crippen molar-refractivity contribution < 1.29 is 14.7 Å². The summed E-state index contributed by atoms with van der Waals surface area (Å²) in [5.74, 6) is 0.0996. The lowest BCUT2D eigenvalue weighted by molar-refractivity contribution is -0.129. The van der Waals surface area contributed by atoms with Gasteiger partial charge in [0.1, 0.15) is 0 Å². The molecule has 2 N–H and O–H groups in total. The van der Waals surface area contributed by atoms with Crippen molar-refractivity contribution in [1.82, 2.24) is 10.2 Å². The maximum atomic E-state index is 12.0. The normalized spacial score (nSPS) is 26.9. The number of carbonyl (C=O) groups excluding carboxylic acids is 1. The second-order valence-corrected chi connectivity index (χ2v) is 5.56. The van der Waals surface area contributed by atoms with Crippen LogP contribution in [0.3, 0.4) is 0 Å². The van der Waals surface area contributed by atoms with Gasteiger partial charge in [-0.05, 0) is 33.1 Å². The SMILES string of the molecule is CC1(C)CC2(CCN(C(=O)O)CC2)C(=O)N1. The van der Waals surface area contributed by atoms with Gasteiger partial charge in [0.05, 0.1) is 5.41 Å². The largest absolute Gasteiger partial charge is 0.465 e. The van der Waals surface area contributed by atoms with Gasteiger partial charge in [0.2, 0.25) is 5.91 Å². The number of likely N-dealkylation sites (tertiary alicyclic amines) is 1. The van der Waals surface area contributed by atoms with Crippen molar-refractivity contribution in [2.75, 3.05) is 13.1 Å². The first-order valence-electron chi connectivity index (χ1n) is 5.65. The molecule has 16 heavy (non-hydrogen) atoms. The molecule has 2 heterocycles. The molecule has 2 fully saturated rings. The van der Waals surface area contributed by atoms with Crippen molar-refractivity contribution in [3.05, 3.63) is 0 Å². The van der Waals surface area contributed by atoms with E-state index in [2.05, 4.69) is 5.32 Å². The predicted octanol–water partition coefficient (Wildman–Crippen LogP) is 1.05. The Morgan fingerprint density at radius 3 is 2.31 bits per heavy atom. The molecule has 2 amide bonds. The van der Waals surface area contributed by atoms with Gasteiger partial charge < -0.3 is 15.3 Å². The second-order valence-electron chi connectivity index (χ2n) is 5.56. The molecular weight excluding hydrogens is 208 g/mol. The highest BCUT2D eigenvalue weighted by Gasteiger charge is 2.51. The number of nitrogens with one attached hydrogen (secondary N) is 1. The Kier molecular flexibility index (Phi) is 2.36. The molecular formula is C11H18N2O3. The average molecular weight is 226 g/mol. The first kappa shape index (κ1) is 11.2. The zero-order valence-corrected chi connectivity index (χ0v) is 9.75.